The standard InChI is InChI=1S/C14H19N3O/c1-14(2,9-18-3)12-7-5-4-6-10(12)11-8-16-17-13(11)15/h4-8H,9H2,1-3H3,(H3,15,16,17). The van der Waals surface area contributed by atoms with Gasteiger partial charge in [0.1, 0.15) is 5.82 Å². The number of rotatable bonds is 4. The fourth-order valence-corrected chi connectivity index (χ4v) is 2.26. The number of nitrogen functional groups attached to an aromatic ring is 1. The van der Waals surface area contributed by atoms with Crippen LogP contribution < -0.4 is 5.73 Å². The summed E-state index contributed by atoms with van der Waals surface area (Å²) in [5, 5.41) is 6.76. The van der Waals surface area contributed by atoms with Crippen molar-refractivity contribution >= 4 is 5.82 Å². The van der Waals surface area contributed by atoms with Gasteiger partial charge < -0.3 is 10.5 Å². The minimum atomic E-state index is -0.0744. The number of H-pyrrole nitrogens is 1. The Hall–Kier alpha value is -1.81. The molecule has 2 rings (SSSR count). The minimum Gasteiger partial charge on any atom is -0.384 e. The average molecular weight is 245 g/mol. The normalized spacial score (nSPS) is 11.7. The molecule has 0 aliphatic rings. The van der Waals surface area contributed by atoms with Gasteiger partial charge in [0, 0.05) is 18.1 Å². The van der Waals surface area contributed by atoms with Crippen LogP contribution in [0.3, 0.4) is 0 Å². The quantitative estimate of drug-likeness (QED) is 0.870. The zero-order valence-electron chi connectivity index (χ0n) is 11.0. The van der Waals surface area contributed by atoms with E-state index in [0.29, 0.717) is 12.4 Å². The monoisotopic (exact) mass is 245 g/mol. The van der Waals surface area contributed by atoms with Gasteiger partial charge in [-0.3, -0.25) is 5.10 Å². The molecule has 0 radical (unpaired) electrons. The van der Waals surface area contributed by atoms with Crippen molar-refractivity contribution < 1.29 is 4.74 Å². The summed E-state index contributed by atoms with van der Waals surface area (Å²) in [7, 11) is 1.72. The van der Waals surface area contributed by atoms with Crippen molar-refractivity contribution in [1.29, 1.82) is 0 Å². The van der Waals surface area contributed by atoms with E-state index < -0.39 is 0 Å². The zero-order chi connectivity index (χ0) is 13.2. The van der Waals surface area contributed by atoms with E-state index in [2.05, 4.69) is 36.2 Å². The topological polar surface area (TPSA) is 63.9 Å². The van der Waals surface area contributed by atoms with Crippen molar-refractivity contribution in [2.24, 2.45) is 0 Å². The molecule has 0 unspecified atom stereocenters. The van der Waals surface area contributed by atoms with Crippen molar-refractivity contribution in [3.63, 3.8) is 0 Å². The highest BCUT2D eigenvalue weighted by molar-refractivity contribution is 5.76. The molecule has 4 heteroatoms. The zero-order valence-corrected chi connectivity index (χ0v) is 11.0. The van der Waals surface area contributed by atoms with E-state index in [1.54, 1.807) is 13.3 Å². The number of nitrogens with one attached hydrogen (secondary N) is 1. The first kappa shape index (κ1) is 12.6. The number of ether oxygens (including phenoxy) is 1. The summed E-state index contributed by atoms with van der Waals surface area (Å²) < 4.78 is 5.31. The maximum Gasteiger partial charge on any atom is 0.126 e. The van der Waals surface area contributed by atoms with Crippen LogP contribution in [0.4, 0.5) is 5.82 Å². The molecule has 0 fully saturated rings. The van der Waals surface area contributed by atoms with Gasteiger partial charge in [0.2, 0.25) is 0 Å². The molecule has 0 bridgehead atoms. The Kier molecular flexibility index (Phi) is 3.39. The molecule has 4 nitrogen and oxygen atoms in total. The van der Waals surface area contributed by atoms with Gasteiger partial charge in [-0.05, 0) is 11.1 Å². The van der Waals surface area contributed by atoms with E-state index in [4.69, 9.17) is 10.5 Å². The second-order valence-electron chi connectivity index (χ2n) is 5.06. The van der Waals surface area contributed by atoms with Crippen LogP contribution in [-0.2, 0) is 10.2 Å². The maximum absolute atomic E-state index is 5.91. The molecule has 96 valence electrons. The molecule has 1 aromatic carbocycles. The lowest BCUT2D eigenvalue weighted by Crippen LogP contribution is -2.24. The van der Waals surface area contributed by atoms with Crippen LogP contribution in [0, 0.1) is 0 Å². The van der Waals surface area contributed by atoms with Crippen LogP contribution in [0.15, 0.2) is 30.5 Å². The number of aromatic nitrogens is 2. The van der Waals surface area contributed by atoms with E-state index in [1.165, 1.54) is 5.56 Å². The van der Waals surface area contributed by atoms with Gasteiger partial charge in [-0.1, -0.05) is 38.1 Å². The van der Waals surface area contributed by atoms with Crippen LogP contribution >= 0.6 is 0 Å². The van der Waals surface area contributed by atoms with Gasteiger partial charge in [0.25, 0.3) is 0 Å². The first-order valence-corrected chi connectivity index (χ1v) is 5.94. The van der Waals surface area contributed by atoms with Crippen LogP contribution in [-0.4, -0.2) is 23.9 Å². The lowest BCUT2D eigenvalue weighted by Gasteiger charge is -2.26. The molecule has 0 spiro atoms. The molecule has 18 heavy (non-hydrogen) atoms. The van der Waals surface area contributed by atoms with Crippen molar-refractivity contribution in [2.45, 2.75) is 19.3 Å². The molecule has 1 heterocycles. The summed E-state index contributed by atoms with van der Waals surface area (Å²) in [4.78, 5) is 0. The predicted octanol–water partition coefficient (Wildman–Crippen LogP) is 2.58. The molecule has 0 aliphatic heterocycles. The number of anilines is 1. The summed E-state index contributed by atoms with van der Waals surface area (Å²) in [5.74, 6) is 0.593. The fraction of sp³-hybridized carbons (Fsp3) is 0.357. The average Bonchev–Trinajstić information content (AvgIpc) is 2.75. The summed E-state index contributed by atoms with van der Waals surface area (Å²) in [6, 6.07) is 8.22. The Labute approximate surface area is 107 Å². The molecule has 0 atom stereocenters. The number of hydrogen-bond donors (Lipinski definition) is 2. The summed E-state index contributed by atoms with van der Waals surface area (Å²) >= 11 is 0. The van der Waals surface area contributed by atoms with Crippen molar-refractivity contribution in [3.8, 4) is 11.1 Å². The molecular weight excluding hydrogens is 226 g/mol. The van der Waals surface area contributed by atoms with Crippen LogP contribution in [0.2, 0.25) is 0 Å². The number of aromatic amines is 1. The minimum absolute atomic E-state index is 0.0744. The van der Waals surface area contributed by atoms with Crippen LogP contribution in [0.1, 0.15) is 19.4 Å². The molecule has 0 aliphatic carbocycles. The Morgan fingerprint density at radius 1 is 1.28 bits per heavy atom. The molecule has 1 aromatic heterocycles. The van der Waals surface area contributed by atoms with Gasteiger partial charge in [0.15, 0.2) is 0 Å². The third kappa shape index (κ3) is 2.24. The van der Waals surface area contributed by atoms with Crippen LogP contribution in [0.25, 0.3) is 11.1 Å². The Morgan fingerprint density at radius 2 is 2.00 bits per heavy atom. The van der Waals surface area contributed by atoms with Gasteiger partial charge in [0.05, 0.1) is 12.8 Å². The molecule has 3 N–H and O–H groups in total. The third-order valence-corrected chi connectivity index (χ3v) is 3.12. The molecule has 0 saturated heterocycles. The number of hydrogen-bond acceptors (Lipinski definition) is 3. The number of benzene rings is 1. The second-order valence-corrected chi connectivity index (χ2v) is 5.06. The molecular formula is C14H19N3O. The number of methoxy groups -OCH3 is 1. The van der Waals surface area contributed by atoms with E-state index >= 15 is 0 Å². The van der Waals surface area contributed by atoms with Gasteiger partial charge in [-0.2, -0.15) is 5.10 Å². The van der Waals surface area contributed by atoms with Crippen molar-refractivity contribution in [1.82, 2.24) is 10.2 Å². The van der Waals surface area contributed by atoms with Crippen LogP contribution in [0.5, 0.6) is 0 Å². The lowest BCUT2D eigenvalue weighted by molar-refractivity contribution is 0.147. The van der Waals surface area contributed by atoms with Crippen molar-refractivity contribution in [3.05, 3.63) is 36.0 Å². The van der Waals surface area contributed by atoms with E-state index in [1.807, 2.05) is 12.1 Å². The smallest absolute Gasteiger partial charge is 0.126 e. The highest BCUT2D eigenvalue weighted by atomic mass is 16.5. The summed E-state index contributed by atoms with van der Waals surface area (Å²) in [6.45, 7) is 4.97. The number of nitrogens with zero attached hydrogens (tertiary/aromatic N) is 1. The Balaban J connectivity index is 2.53. The van der Waals surface area contributed by atoms with Crippen molar-refractivity contribution in [2.75, 3.05) is 19.5 Å². The largest absolute Gasteiger partial charge is 0.384 e. The molecule has 2 aromatic rings. The molecule has 0 amide bonds. The predicted molar refractivity (Wildman–Crippen MR) is 73.3 cm³/mol. The number of nitrogens with two attached hydrogens (primary N) is 1. The third-order valence-electron chi connectivity index (χ3n) is 3.12. The highest BCUT2D eigenvalue weighted by Gasteiger charge is 2.24. The maximum atomic E-state index is 5.91. The van der Waals surface area contributed by atoms with Gasteiger partial charge in [-0.25, -0.2) is 0 Å². The first-order chi connectivity index (χ1) is 8.56. The van der Waals surface area contributed by atoms with E-state index in [9.17, 15) is 0 Å². The highest BCUT2D eigenvalue weighted by Crippen LogP contribution is 2.35. The van der Waals surface area contributed by atoms with E-state index in [-0.39, 0.29) is 5.41 Å². The van der Waals surface area contributed by atoms with E-state index in [0.717, 1.165) is 11.1 Å². The summed E-state index contributed by atoms with van der Waals surface area (Å²) in [6.07, 6.45) is 1.76. The Morgan fingerprint density at radius 3 is 2.61 bits per heavy atom. The van der Waals surface area contributed by atoms with Gasteiger partial charge >= 0.3 is 0 Å². The summed E-state index contributed by atoms with van der Waals surface area (Å²) in [5.41, 5.74) is 9.09. The van der Waals surface area contributed by atoms with Gasteiger partial charge in [-0.15, -0.1) is 0 Å². The first-order valence-electron chi connectivity index (χ1n) is 5.94. The Bertz CT molecular complexity index is 531. The lowest BCUT2D eigenvalue weighted by atomic mass is 9.81. The SMILES string of the molecule is COCC(C)(C)c1ccccc1-c1cn[nH]c1N. The second kappa shape index (κ2) is 4.82. The fourth-order valence-electron chi connectivity index (χ4n) is 2.26. The molecule has 0 saturated carbocycles.